The molecular formula is C11H20N4O3S2. The quantitative estimate of drug-likeness (QED) is 0.770. The van der Waals surface area contributed by atoms with Crippen molar-refractivity contribution in [2.75, 3.05) is 37.4 Å². The number of nitrogens with one attached hydrogen (secondary N) is 1. The third-order valence-electron chi connectivity index (χ3n) is 2.58. The van der Waals surface area contributed by atoms with E-state index in [1.54, 1.807) is 21.0 Å². The fourth-order valence-corrected chi connectivity index (χ4v) is 4.23. The Kier molecular flexibility index (Phi) is 5.75. The van der Waals surface area contributed by atoms with Crippen LogP contribution in [0, 0.1) is 0 Å². The van der Waals surface area contributed by atoms with E-state index in [-0.39, 0.29) is 28.8 Å². The molecule has 114 valence electrons. The number of nitrogen functional groups attached to an aromatic ring is 1. The summed E-state index contributed by atoms with van der Waals surface area (Å²) in [5.74, 6) is 0.0128. The van der Waals surface area contributed by atoms with Gasteiger partial charge in [0.15, 0.2) is 15.7 Å². The molecule has 0 fully saturated rings. The van der Waals surface area contributed by atoms with E-state index in [9.17, 15) is 13.2 Å². The lowest BCUT2D eigenvalue weighted by molar-refractivity contribution is -0.128. The molecule has 1 amide bonds. The molecular weight excluding hydrogens is 300 g/mol. The van der Waals surface area contributed by atoms with E-state index in [1.807, 2.05) is 0 Å². The lowest BCUT2D eigenvalue weighted by atomic mass is 10.4. The standard InChI is InChI=1S/C11H20N4O3S2/c1-4-7-20(17,18)9-10(12)14-19-11(9)13-6-5-8(16)15(2)3/h13H,4-7H2,1-3H3,(H2,12,14). The first kappa shape index (κ1) is 16.7. The summed E-state index contributed by atoms with van der Waals surface area (Å²) in [7, 11) is -0.0887. The van der Waals surface area contributed by atoms with E-state index in [2.05, 4.69) is 9.69 Å². The van der Waals surface area contributed by atoms with Crippen molar-refractivity contribution in [1.29, 1.82) is 0 Å². The number of hydrogen-bond acceptors (Lipinski definition) is 7. The highest BCUT2D eigenvalue weighted by atomic mass is 32.2. The normalized spacial score (nSPS) is 11.3. The van der Waals surface area contributed by atoms with Crippen molar-refractivity contribution in [3.8, 4) is 0 Å². The van der Waals surface area contributed by atoms with Gasteiger partial charge < -0.3 is 16.0 Å². The molecule has 1 aromatic heterocycles. The number of rotatable bonds is 7. The molecule has 1 rings (SSSR count). The average molecular weight is 320 g/mol. The van der Waals surface area contributed by atoms with Crippen molar-refractivity contribution in [2.45, 2.75) is 24.7 Å². The molecule has 0 aliphatic heterocycles. The molecule has 0 bridgehead atoms. The predicted octanol–water partition coefficient (Wildman–Crippen LogP) is 0.799. The van der Waals surface area contributed by atoms with Crippen LogP contribution in [0.25, 0.3) is 0 Å². The molecule has 0 radical (unpaired) electrons. The van der Waals surface area contributed by atoms with Gasteiger partial charge in [-0.2, -0.15) is 4.37 Å². The van der Waals surface area contributed by atoms with Gasteiger partial charge in [-0.3, -0.25) is 4.79 Å². The number of carbonyl (C=O) groups is 1. The van der Waals surface area contributed by atoms with Gasteiger partial charge in [-0.15, -0.1) is 0 Å². The second-order valence-corrected chi connectivity index (χ2v) is 7.33. The smallest absolute Gasteiger partial charge is 0.223 e. The van der Waals surface area contributed by atoms with Crippen molar-refractivity contribution in [1.82, 2.24) is 9.27 Å². The number of amides is 1. The van der Waals surface area contributed by atoms with Gasteiger partial charge in [0.05, 0.1) is 5.75 Å². The Balaban J connectivity index is 2.81. The first-order chi connectivity index (χ1) is 9.29. The van der Waals surface area contributed by atoms with Crippen LogP contribution in [-0.2, 0) is 14.6 Å². The van der Waals surface area contributed by atoms with Crippen LogP contribution in [0.15, 0.2) is 4.90 Å². The minimum absolute atomic E-state index is 0.0184. The number of anilines is 2. The van der Waals surface area contributed by atoms with E-state index in [1.165, 1.54) is 4.90 Å². The molecule has 20 heavy (non-hydrogen) atoms. The second kappa shape index (κ2) is 6.89. The third kappa shape index (κ3) is 4.07. The summed E-state index contributed by atoms with van der Waals surface area (Å²) in [5.41, 5.74) is 5.64. The van der Waals surface area contributed by atoms with Crippen molar-refractivity contribution < 1.29 is 13.2 Å². The zero-order valence-electron chi connectivity index (χ0n) is 11.8. The summed E-state index contributed by atoms with van der Waals surface area (Å²) in [6.45, 7) is 2.13. The third-order valence-corrected chi connectivity index (χ3v) is 5.51. The van der Waals surface area contributed by atoms with E-state index in [4.69, 9.17) is 5.73 Å². The Hall–Kier alpha value is -1.35. The Morgan fingerprint density at radius 1 is 1.45 bits per heavy atom. The summed E-state index contributed by atoms with van der Waals surface area (Å²) in [6, 6.07) is 0. The molecule has 7 nitrogen and oxygen atoms in total. The van der Waals surface area contributed by atoms with Crippen LogP contribution in [0.4, 0.5) is 10.8 Å². The van der Waals surface area contributed by atoms with Gasteiger partial charge in [-0.05, 0) is 18.0 Å². The highest BCUT2D eigenvalue weighted by molar-refractivity contribution is 7.91. The number of nitrogens with zero attached hydrogens (tertiary/aromatic N) is 2. The minimum Gasteiger partial charge on any atom is -0.382 e. The van der Waals surface area contributed by atoms with Crippen molar-refractivity contribution in [3.05, 3.63) is 0 Å². The van der Waals surface area contributed by atoms with Gasteiger partial charge in [-0.25, -0.2) is 8.42 Å². The maximum Gasteiger partial charge on any atom is 0.223 e. The summed E-state index contributed by atoms with van der Waals surface area (Å²) < 4.78 is 28.1. The van der Waals surface area contributed by atoms with Crippen molar-refractivity contribution >= 4 is 38.1 Å². The van der Waals surface area contributed by atoms with Gasteiger partial charge in [0.1, 0.15) is 9.90 Å². The fourth-order valence-electron chi connectivity index (χ4n) is 1.58. The Morgan fingerprint density at radius 2 is 2.10 bits per heavy atom. The summed E-state index contributed by atoms with van der Waals surface area (Å²) in [4.78, 5) is 13.0. The molecule has 0 aliphatic carbocycles. The van der Waals surface area contributed by atoms with Crippen LogP contribution in [-0.4, -0.2) is 50.0 Å². The first-order valence-corrected chi connectivity index (χ1v) is 8.64. The number of carbonyl (C=O) groups excluding carboxylic acids is 1. The largest absolute Gasteiger partial charge is 0.382 e. The number of aromatic nitrogens is 1. The Morgan fingerprint density at radius 3 is 2.65 bits per heavy atom. The van der Waals surface area contributed by atoms with Crippen LogP contribution < -0.4 is 11.1 Å². The van der Waals surface area contributed by atoms with E-state index in [0.29, 0.717) is 18.0 Å². The molecule has 0 saturated heterocycles. The van der Waals surface area contributed by atoms with Crippen LogP contribution in [0.3, 0.4) is 0 Å². The summed E-state index contributed by atoms with van der Waals surface area (Å²) in [6.07, 6.45) is 0.786. The van der Waals surface area contributed by atoms with Gasteiger partial charge >= 0.3 is 0 Å². The van der Waals surface area contributed by atoms with Gasteiger partial charge in [0.25, 0.3) is 0 Å². The zero-order chi connectivity index (χ0) is 15.3. The fraction of sp³-hybridized carbons (Fsp3) is 0.636. The predicted molar refractivity (Wildman–Crippen MR) is 80.7 cm³/mol. The van der Waals surface area contributed by atoms with E-state index < -0.39 is 9.84 Å². The molecule has 0 aliphatic rings. The number of hydrogen-bond donors (Lipinski definition) is 2. The minimum atomic E-state index is -3.43. The molecule has 0 unspecified atom stereocenters. The SMILES string of the molecule is CCCS(=O)(=O)c1c(N)nsc1NCCC(=O)N(C)C. The van der Waals surface area contributed by atoms with E-state index >= 15 is 0 Å². The molecule has 1 heterocycles. The summed E-state index contributed by atoms with van der Waals surface area (Å²) in [5, 5.41) is 3.34. The maximum atomic E-state index is 12.1. The van der Waals surface area contributed by atoms with E-state index in [0.717, 1.165) is 11.5 Å². The number of sulfone groups is 1. The van der Waals surface area contributed by atoms with Crippen LogP contribution in [0.2, 0.25) is 0 Å². The molecule has 0 atom stereocenters. The maximum absolute atomic E-state index is 12.1. The van der Waals surface area contributed by atoms with Gasteiger partial charge in [-0.1, -0.05) is 6.92 Å². The second-order valence-electron chi connectivity index (χ2n) is 4.51. The molecule has 3 N–H and O–H groups in total. The number of nitrogens with two attached hydrogens (primary N) is 1. The lowest BCUT2D eigenvalue weighted by Gasteiger charge is -2.11. The highest BCUT2D eigenvalue weighted by Crippen LogP contribution is 2.32. The first-order valence-electron chi connectivity index (χ1n) is 6.21. The highest BCUT2D eigenvalue weighted by Gasteiger charge is 2.24. The van der Waals surface area contributed by atoms with Crippen molar-refractivity contribution in [2.24, 2.45) is 0 Å². The molecule has 0 aromatic carbocycles. The monoisotopic (exact) mass is 320 g/mol. The zero-order valence-corrected chi connectivity index (χ0v) is 13.5. The molecule has 0 spiro atoms. The van der Waals surface area contributed by atoms with Crippen LogP contribution >= 0.6 is 11.5 Å². The molecule has 1 aromatic rings. The Bertz CT molecular complexity index is 566. The topological polar surface area (TPSA) is 105 Å². The van der Waals surface area contributed by atoms with Crippen molar-refractivity contribution in [3.63, 3.8) is 0 Å². The lowest BCUT2D eigenvalue weighted by Crippen LogP contribution is -2.24. The molecule has 0 saturated carbocycles. The summed E-state index contributed by atoms with van der Waals surface area (Å²) >= 11 is 0.999. The van der Waals surface area contributed by atoms with Crippen LogP contribution in [0.5, 0.6) is 0 Å². The van der Waals surface area contributed by atoms with Gasteiger partial charge in [0, 0.05) is 27.1 Å². The average Bonchev–Trinajstić information content (AvgIpc) is 2.71. The van der Waals surface area contributed by atoms with Gasteiger partial charge in [0.2, 0.25) is 5.91 Å². The van der Waals surface area contributed by atoms with Crippen LogP contribution in [0.1, 0.15) is 19.8 Å². The Labute approximate surface area is 123 Å². The molecule has 9 heteroatoms.